The summed E-state index contributed by atoms with van der Waals surface area (Å²) in [4.78, 5) is 19.3. The van der Waals surface area contributed by atoms with Crippen LogP contribution >= 0.6 is 0 Å². The lowest BCUT2D eigenvalue weighted by molar-refractivity contribution is 1.19. The van der Waals surface area contributed by atoms with Crippen LogP contribution in [0.2, 0.25) is 0 Å². The van der Waals surface area contributed by atoms with Crippen LogP contribution in [-0.4, -0.2) is 9.97 Å². The van der Waals surface area contributed by atoms with Crippen molar-refractivity contribution >= 4 is 23.2 Å². The summed E-state index contributed by atoms with van der Waals surface area (Å²) >= 11 is 0. The van der Waals surface area contributed by atoms with Gasteiger partial charge in [0, 0.05) is 0 Å². The lowest BCUT2D eigenvalue weighted by Crippen LogP contribution is -2.11. The topological polar surface area (TPSA) is 45.8 Å². The molecule has 3 rings (SSSR count). The highest BCUT2D eigenvalue weighted by Crippen LogP contribution is 2.11. The van der Waals surface area contributed by atoms with E-state index in [0.29, 0.717) is 5.69 Å². The minimum absolute atomic E-state index is 0.171. The summed E-state index contributed by atoms with van der Waals surface area (Å²) in [5, 5.41) is 0. The largest absolute Gasteiger partial charge is 0.319 e. The molecular formula is C17H14N2O. The molecule has 1 aromatic heterocycles. The molecule has 0 spiro atoms. The van der Waals surface area contributed by atoms with E-state index >= 15 is 0 Å². The highest BCUT2D eigenvalue weighted by Gasteiger charge is 2.01. The fourth-order valence-corrected chi connectivity index (χ4v) is 2.07. The number of hydrogen-bond donors (Lipinski definition) is 1. The van der Waals surface area contributed by atoms with E-state index in [1.165, 1.54) is 0 Å². The Hall–Kier alpha value is -2.68. The molecule has 0 aliphatic carbocycles. The number of rotatable bonds is 2. The molecule has 1 heterocycles. The summed E-state index contributed by atoms with van der Waals surface area (Å²) in [5.74, 6) is 0. The number of fused-ring (bicyclic) bond motifs is 1. The second kappa shape index (κ2) is 5.13. The lowest BCUT2D eigenvalue weighted by Gasteiger charge is -2.00. The van der Waals surface area contributed by atoms with Gasteiger partial charge in [-0.1, -0.05) is 42.5 Å². The first kappa shape index (κ1) is 12.4. The van der Waals surface area contributed by atoms with Crippen molar-refractivity contribution in [1.82, 2.24) is 9.97 Å². The van der Waals surface area contributed by atoms with Gasteiger partial charge in [0.15, 0.2) is 0 Å². The Morgan fingerprint density at radius 2 is 1.85 bits per heavy atom. The second-order valence-corrected chi connectivity index (χ2v) is 4.72. The van der Waals surface area contributed by atoms with Crippen LogP contribution in [0.25, 0.3) is 23.2 Å². The van der Waals surface area contributed by atoms with Crippen molar-refractivity contribution in [3.8, 4) is 0 Å². The van der Waals surface area contributed by atoms with Gasteiger partial charge in [-0.3, -0.25) is 4.79 Å². The van der Waals surface area contributed by atoms with Gasteiger partial charge in [-0.05, 0) is 36.3 Å². The van der Waals surface area contributed by atoms with E-state index in [4.69, 9.17) is 0 Å². The Kier molecular flexibility index (Phi) is 3.17. The molecule has 1 N–H and O–H groups in total. The summed E-state index contributed by atoms with van der Waals surface area (Å²) in [5.41, 5.74) is 3.95. The zero-order valence-electron chi connectivity index (χ0n) is 11.1. The van der Waals surface area contributed by atoms with Crippen LogP contribution in [0.5, 0.6) is 0 Å². The molecule has 3 heteroatoms. The third-order valence-electron chi connectivity index (χ3n) is 3.11. The van der Waals surface area contributed by atoms with Gasteiger partial charge in [-0.2, -0.15) is 0 Å². The number of hydrogen-bond acceptors (Lipinski definition) is 2. The molecule has 0 fully saturated rings. The fraction of sp³-hybridized carbons (Fsp3) is 0.0588. The molecule has 0 atom stereocenters. The summed E-state index contributed by atoms with van der Waals surface area (Å²) in [6.07, 6.45) is 3.63. The van der Waals surface area contributed by atoms with Crippen molar-refractivity contribution in [3.63, 3.8) is 0 Å². The summed E-state index contributed by atoms with van der Waals surface area (Å²) in [6, 6.07) is 15.7. The third-order valence-corrected chi connectivity index (χ3v) is 3.11. The molecule has 0 saturated heterocycles. The highest BCUT2D eigenvalue weighted by molar-refractivity contribution is 5.77. The highest BCUT2D eigenvalue weighted by atomic mass is 16.1. The summed E-state index contributed by atoms with van der Waals surface area (Å²) in [6.45, 7) is 1.99. The molecule has 3 nitrogen and oxygen atoms in total. The van der Waals surface area contributed by atoms with Crippen LogP contribution in [0.3, 0.4) is 0 Å². The number of nitrogens with one attached hydrogen (secondary N) is 1. The van der Waals surface area contributed by atoms with Crippen molar-refractivity contribution in [2.45, 2.75) is 6.92 Å². The molecule has 20 heavy (non-hydrogen) atoms. The van der Waals surface area contributed by atoms with Crippen LogP contribution < -0.4 is 5.56 Å². The van der Waals surface area contributed by atoms with Gasteiger partial charge in [-0.25, -0.2) is 4.98 Å². The smallest absolute Gasteiger partial charge is 0.274 e. The van der Waals surface area contributed by atoms with Gasteiger partial charge < -0.3 is 4.98 Å². The molecule has 3 aromatic rings. The van der Waals surface area contributed by atoms with Gasteiger partial charge in [0.2, 0.25) is 0 Å². The maximum atomic E-state index is 12.0. The van der Waals surface area contributed by atoms with Crippen molar-refractivity contribution in [1.29, 1.82) is 0 Å². The molecule has 0 radical (unpaired) electrons. The lowest BCUT2D eigenvalue weighted by atomic mass is 10.2. The molecule has 0 unspecified atom stereocenters. The maximum Gasteiger partial charge on any atom is 0.274 e. The van der Waals surface area contributed by atoms with E-state index in [9.17, 15) is 4.79 Å². The van der Waals surface area contributed by atoms with E-state index in [1.54, 1.807) is 6.08 Å². The zero-order valence-corrected chi connectivity index (χ0v) is 11.1. The molecule has 0 aliphatic rings. The van der Waals surface area contributed by atoms with E-state index in [2.05, 4.69) is 9.97 Å². The Balaban J connectivity index is 2.04. The summed E-state index contributed by atoms with van der Waals surface area (Å²) < 4.78 is 0. The predicted molar refractivity (Wildman–Crippen MR) is 82.5 cm³/mol. The van der Waals surface area contributed by atoms with E-state index in [1.807, 2.05) is 61.5 Å². The number of nitrogens with zero attached hydrogens (tertiary/aromatic N) is 1. The number of benzene rings is 2. The normalized spacial score (nSPS) is 11.2. The number of aryl methyl sites for hydroxylation is 1. The monoisotopic (exact) mass is 262 g/mol. The van der Waals surface area contributed by atoms with E-state index < -0.39 is 0 Å². The van der Waals surface area contributed by atoms with Gasteiger partial charge in [0.05, 0.1) is 11.0 Å². The first-order valence-corrected chi connectivity index (χ1v) is 6.46. The average Bonchev–Trinajstić information content (AvgIpc) is 2.46. The minimum Gasteiger partial charge on any atom is -0.319 e. The molecule has 0 saturated carbocycles. The molecular weight excluding hydrogens is 248 g/mol. The molecule has 98 valence electrons. The molecule has 0 amide bonds. The maximum absolute atomic E-state index is 12.0. The van der Waals surface area contributed by atoms with Gasteiger partial charge in [0.1, 0.15) is 5.69 Å². The minimum atomic E-state index is -0.171. The van der Waals surface area contributed by atoms with Crippen molar-refractivity contribution < 1.29 is 0 Å². The first-order chi connectivity index (χ1) is 9.72. The number of aromatic amines is 1. The zero-order chi connectivity index (χ0) is 13.9. The second-order valence-electron chi connectivity index (χ2n) is 4.72. The SMILES string of the molecule is Cc1ccc2nc(/C=C/c3ccccc3)c(=O)[nH]c2c1. The van der Waals surface area contributed by atoms with Crippen LogP contribution in [0.4, 0.5) is 0 Å². The standard InChI is InChI=1S/C17H14N2O/c1-12-7-9-14-16(11-12)19-17(20)15(18-14)10-8-13-5-3-2-4-6-13/h2-11H,1H3,(H,19,20)/b10-8+. The first-order valence-electron chi connectivity index (χ1n) is 6.46. The van der Waals surface area contributed by atoms with Crippen LogP contribution in [-0.2, 0) is 0 Å². The molecule has 0 bridgehead atoms. The van der Waals surface area contributed by atoms with Crippen molar-refractivity contribution in [2.75, 3.05) is 0 Å². The average molecular weight is 262 g/mol. The Labute approximate surface area is 116 Å². The van der Waals surface area contributed by atoms with Crippen LogP contribution in [0.1, 0.15) is 16.8 Å². The Bertz CT molecular complexity index is 832. The van der Waals surface area contributed by atoms with Crippen molar-refractivity contribution in [3.05, 3.63) is 75.7 Å². The summed E-state index contributed by atoms with van der Waals surface area (Å²) in [7, 11) is 0. The Morgan fingerprint density at radius 1 is 1.05 bits per heavy atom. The van der Waals surface area contributed by atoms with Gasteiger partial charge in [-0.15, -0.1) is 0 Å². The van der Waals surface area contributed by atoms with E-state index in [-0.39, 0.29) is 5.56 Å². The van der Waals surface area contributed by atoms with Crippen LogP contribution in [0, 0.1) is 6.92 Å². The van der Waals surface area contributed by atoms with Crippen molar-refractivity contribution in [2.24, 2.45) is 0 Å². The number of H-pyrrole nitrogens is 1. The fourth-order valence-electron chi connectivity index (χ4n) is 2.07. The predicted octanol–water partition coefficient (Wildman–Crippen LogP) is 3.40. The third kappa shape index (κ3) is 2.52. The van der Waals surface area contributed by atoms with Gasteiger partial charge >= 0.3 is 0 Å². The van der Waals surface area contributed by atoms with Crippen LogP contribution in [0.15, 0.2) is 53.3 Å². The Morgan fingerprint density at radius 3 is 2.65 bits per heavy atom. The quantitative estimate of drug-likeness (QED) is 0.769. The van der Waals surface area contributed by atoms with Gasteiger partial charge in [0.25, 0.3) is 5.56 Å². The molecule has 2 aromatic carbocycles. The molecule has 0 aliphatic heterocycles. The number of aromatic nitrogens is 2. The van der Waals surface area contributed by atoms with E-state index in [0.717, 1.165) is 22.2 Å².